The second-order valence-corrected chi connectivity index (χ2v) is 2.11. The van der Waals surface area contributed by atoms with Crippen LogP contribution >= 0.6 is 24.8 Å². The molecule has 1 heterocycles. The molecule has 0 aromatic heterocycles. The fraction of sp³-hybridized carbons (Fsp3) is 1.00. The lowest BCUT2D eigenvalue weighted by molar-refractivity contribution is 0.459. The maximum absolute atomic E-state index is 5.57. The van der Waals surface area contributed by atoms with E-state index in [0.29, 0.717) is 6.04 Å². The molecule has 0 saturated carbocycles. The van der Waals surface area contributed by atoms with Crippen LogP contribution in [0.15, 0.2) is 0 Å². The molecule has 1 saturated heterocycles. The van der Waals surface area contributed by atoms with Gasteiger partial charge in [-0.25, -0.2) is 0 Å². The van der Waals surface area contributed by atoms with Gasteiger partial charge in [-0.3, -0.25) is 0 Å². The molecule has 1 aliphatic heterocycles. The van der Waals surface area contributed by atoms with Gasteiger partial charge < -0.3 is 16.5 Å². The topological polar surface area (TPSA) is 69.5 Å². The molecule has 0 aromatic carbocycles. The lowest BCUT2D eigenvalue weighted by atomic mass is 10.1. The van der Waals surface area contributed by atoms with E-state index in [9.17, 15) is 0 Å². The van der Waals surface area contributed by atoms with Crippen molar-refractivity contribution in [2.45, 2.75) is 18.9 Å². The lowest BCUT2D eigenvalue weighted by Gasteiger charge is -2.17. The summed E-state index contributed by atoms with van der Waals surface area (Å²) in [5.74, 6) is 0. The van der Waals surface area contributed by atoms with Crippen molar-refractivity contribution < 1.29 is 5.48 Å². The number of nitrogens with two attached hydrogens (primary N) is 1. The third-order valence-corrected chi connectivity index (χ3v) is 1.33. The summed E-state index contributed by atoms with van der Waals surface area (Å²) in [7, 11) is 0. The number of halogens is 2. The summed E-state index contributed by atoms with van der Waals surface area (Å²) < 4.78 is 0. The fourth-order valence-electron chi connectivity index (χ4n) is 0.879. The molecule has 3 nitrogen and oxygen atoms in total. The van der Waals surface area contributed by atoms with Crippen molar-refractivity contribution in [1.82, 2.24) is 5.32 Å². The maximum Gasteiger partial charge on any atom is 0.0165 e. The Kier molecular flexibility index (Phi) is 15.9. The van der Waals surface area contributed by atoms with Gasteiger partial charge in [-0.1, -0.05) is 0 Å². The Hall–Kier alpha value is 0.460. The summed E-state index contributed by atoms with van der Waals surface area (Å²) in [5.41, 5.74) is 5.57. The molecule has 0 aliphatic carbocycles. The highest BCUT2D eigenvalue weighted by molar-refractivity contribution is 5.85. The number of nitrogens with one attached hydrogen (secondary N) is 1. The molecule has 0 bridgehead atoms. The predicted molar refractivity (Wildman–Crippen MR) is 48.2 cm³/mol. The van der Waals surface area contributed by atoms with Crippen LogP contribution in [-0.4, -0.2) is 24.6 Å². The van der Waals surface area contributed by atoms with Crippen LogP contribution in [-0.2, 0) is 0 Å². The second-order valence-electron chi connectivity index (χ2n) is 2.11. The first-order valence-corrected chi connectivity index (χ1v) is 2.86. The van der Waals surface area contributed by atoms with Crippen molar-refractivity contribution in [3.8, 4) is 0 Å². The number of rotatable bonds is 0. The highest BCUT2D eigenvalue weighted by atomic mass is 35.5. The molecule has 10 heavy (non-hydrogen) atoms. The van der Waals surface area contributed by atoms with E-state index < -0.39 is 0 Å². The Bertz CT molecular complexity index is 59.6. The molecule has 0 aromatic rings. The van der Waals surface area contributed by atoms with Gasteiger partial charge in [-0.05, 0) is 19.4 Å². The average molecular weight is 191 g/mol. The molecule has 66 valence electrons. The molecule has 1 unspecified atom stereocenters. The van der Waals surface area contributed by atoms with Crippen molar-refractivity contribution >= 4 is 24.8 Å². The first-order chi connectivity index (χ1) is 3.39. The summed E-state index contributed by atoms with van der Waals surface area (Å²) in [6.45, 7) is 2.17. The predicted octanol–water partition coefficient (Wildman–Crippen LogP) is -0.284. The highest BCUT2D eigenvalue weighted by Crippen LogP contribution is 1.96. The zero-order valence-corrected chi connectivity index (χ0v) is 7.43. The number of hydrogen-bond acceptors (Lipinski definition) is 2. The van der Waals surface area contributed by atoms with E-state index in [1.807, 2.05) is 0 Å². The van der Waals surface area contributed by atoms with Crippen LogP contribution in [0.1, 0.15) is 12.8 Å². The lowest BCUT2D eigenvalue weighted by Crippen LogP contribution is -2.39. The molecule has 0 radical (unpaired) electrons. The van der Waals surface area contributed by atoms with Crippen molar-refractivity contribution in [2.24, 2.45) is 5.73 Å². The molecular weight excluding hydrogens is 175 g/mol. The minimum atomic E-state index is 0. The van der Waals surface area contributed by atoms with Gasteiger partial charge in [-0.15, -0.1) is 24.8 Å². The first kappa shape index (κ1) is 16.8. The minimum Gasteiger partial charge on any atom is -0.412 e. The van der Waals surface area contributed by atoms with Gasteiger partial charge in [0.2, 0.25) is 0 Å². The molecule has 1 fully saturated rings. The van der Waals surface area contributed by atoms with E-state index in [1.54, 1.807) is 0 Å². The number of hydrogen-bond donors (Lipinski definition) is 2. The van der Waals surface area contributed by atoms with E-state index in [2.05, 4.69) is 5.32 Å². The number of piperidine rings is 1. The minimum absolute atomic E-state index is 0. The van der Waals surface area contributed by atoms with E-state index >= 15 is 0 Å². The van der Waals surface area contributed by atoms with Gasteiger partial charge in [0.1, 0.15) is 0 Å². The van der Waals surface area contributed by atoms with E-state index in [-0.39, 0.29) is 30.3 Å². The van der Waals surface area contributed by atoms with Gasteiger partial charge in [-0.2, -0.15) is 0 Å². The van der Waals surface area contributed by atoms with Crippen LogP contribution in [0.3, 0.4) is 0 Å². The summed E-state index contributed by atoms with van der Waals surface area (Å²) in [6.07, 6.45) is 2.45. The molecular formula is C5H16Cl2N2O. The largest absolute Gasteiger partial charge is 0.412 e. The quantitative estimate of drug-likeness (QED) is 0.552. The Morgan fingerprint density at radius 3 is 2.10 bits per heavy atom. The molecule has 1 aliphatic rings. The molecule has 0 amide bonds. The van der Waals surface area contributed by atoms with Gasteiger partial charge in [0.05, 0.1) is 0 Å². The van der Waals surface area contributed by atoms with E-state index in [4.69, 9.17) is 5.73 Å². The summed E-state index contributed by atoms with van der Waals surface area (Å²) in [4.78, 5) is 0. The van der Waals surface area contributed by atoms with E-state index in [1.165, 1.54) is 12.8 Å². The van der Waals surface area contributed by atoms with Crippen LogP contribution in [0.4, 0.5) is 0 Å². The van der Waals surface area contributed by atoms with Crippen molar-refractivity contribution in [2.75, 3.05) is 13.1 Å². The zero-order valence-electron chi connectivity index (χ0n) is 5.80. The van der Waals surface area contributed by atoms with Crippen LogP contribution < -0.4 is 11.1 Å². The molecule has 5 heteroatoms. The molecule has 5 N–H and O–H groups in total. The monoisotopic (exact) mass is 190 g/mol. The van der Waals surface area contributed by atoms with Gasteiger partial charge in [0.15, 0.2) is 0 Å². The van der Waals surface area contributed by atoms with Crippen molar-refractivity contribution in [1.29, 1.82) is 0 Å². The van der Waals surface area contributed by atoms with Crippen LogP contribution in [0.5, 0.6) is 0 Å². The molecule has 1 rings (SSSR count). The zero-order chi connectivity index (χ0) is 5.11. The van der Waals surface area contributed by atoms with E-state index in [0.717, 1.165) is 13.1 Å². The Balaban J connectivity index is -0.000000163. The summed E-state index contributed by atoms with van der Waals surface area (Å²) in [5, 5.41) is 3.21. The normalized spacial score (nSPS) is 23.1. The van der Waals surface area contributed by atoms with Crippen LogP contribution in [0.25, 0.3) is 0 Å². The van der Waals surface area contributed by atoms with Crippen molar-refractivity contribution in [3.05, 3.63) is 0 Å². The van der Waals surface area contributed by atoms with Gasteiger partial charge in [0, 0.05) is 12.6 Å². The summed E-state index contributed by atoms with van der Waals surface area (Å²) >= 11 is 0. The average Bonchev–Trinajstić information content (AvgIpc) is 1.69. The second kappa shape index (κ2) is 9.46. The molecule has 0 spiro atoms. The maximum atomic E-state index is 5.57. The Morgan fingerprint density at radius 2 is 1.90 bits per heavy atom. The Morgan fingerprint density at radius 1 is 1.30 bits per heavy atom. The van der Waals surface area contributed by atoms with Gasteiger partial charge in [0.25, 0.3) is 0 Å². The Labute approximate surface area is 73.9 Å². The standard InChI is InChI=1S/C5H12N2.2ClH.H2O/c6-5-2-1-3-7-4-5;;;/h5,7H,1-4,6H2;2*1H;1H2. The van der Waals surface area contributed by atoms with Crippen molar-refractivity contribution in [3.63, 3.8) is 0 Å². The molecule has 1 atom stereocenters. The third-order valence-electron chi connectivity index (χ3n) is 1.33. The van der Waals surface area contributed by atoms with Gasteiger partial charge >= 0.3 is 0 Å². The summed E-state index contributed by atoms with van der Waals surface area (Å²) in [6, 6.07) is 0.425. The first-order valence-electron chi connectivity index (χ1n) is 2.86. The van der Waals surface area contributed by atoms with Crippen LogP contribution in [0, 0.1) is 0 Å². The van der Waals surface area contributed by atoms with Crippen LogP contribution in [0.2, 0.25) is 0 Å². The highest BCUT2D eigenvalue weighted by Gasteiger charge is 2.05. The SMILES string of the molecule is Cl.Cl.NC1CCCNC1.O. The third kappa shape index (κ3) is 6.58. The fourth-order valence-corrected chi connectivity index (χ4v) is 0.879. The smallest absolute Gasteiger partial charge is 0.0165 e.